The Balaban J connectivity index is 0.00000122. The van der Waals surface area contributed by atoms with Crippen molar-refractivity contribution in [1.29, 1.82) is 0 Å². The van der Waals surface area contributed by atoms with Gasteiger partial charge in [-0.05, 0) is 30.7 Å². The zero-order valence-electron chi connectivity index (χ0n) is 18.1. The van der Waals surface area contributed by atoms with Crippen LogP contribution in [0.1, 0.15) is 33.0 Å². The third-order valence-electron chi connectivity index (χ3n) is 5.01. The van der Waals surface area contributed by atoms with Gasteiger partial charge in [0, 0.05) is 44.1 Å². The average molecular weight is 458 g/mol. The third kappa shape index (κ3) is 7.35. The highest BCUT2D eigenvalue weighted by Crippen LogP contribution is 2.19. The molecule has 2 aromatic heterocycles. The summed E-state index contributed by atoms with van der Waals surface area (Å²) in [5, 5.41) is 20.0. The molecule has 0 aliphatic carbocycles. The molecule has 2 atom stereocenters. The number of likely N-dealkylation sites (tertiary alicyclic amines) is 1. The topological polar surface area (TPSA) is 159 Å². The van der Waals surface area contributed by atoms with Crippen molar-refractivity contribution >= 4 is 24.3 Å². The second-order valence-electron chi connectivity index (χ2n) is 7.10. The predicted molar refractivity (Wildman–Crippen MR) is 115 cm³/mol. The Bertz CT molecular complexity index is 938. The van der Waals surface area contributed by atoms with Crippen LogP contribution in [0.4, 0.5) is 0 Å². The SMILES string of the molecule is COC(=O)c1ccc(C(=O)N2CC[C@@H](O)[C@@H](C(=O)NCCc3ccccn3)C2)nc1.O=CO. The number of hydrogen-bond acceptors (Lipinski definition) is 8. The molecule has 11 nitrogen and oxygen atoms in total. The predicted octanol–water partition coefficient (Wildman–Crippen LogP) is 0.146. The molecule has 2 amide bonds. The van der Waals surface area contributed by atoms with E-state index in [0.717, 1.165) is 5.69 Å². The Morgan fingerprint density at radius 3 is 2.61 bits per heavy atom. The highest BCUT2D eigenvalue weighted by Gasteiger charge is 2.35. The zero-order valence-corrected chi connectivity index (χ0v) is 18.1. The van der Waals surface area contributed by atoms with Crippen molar-refractivity contribution in [2.75, 3.05) is 26.7 Å². The number of nitrogens with zero attached hydrogens (tertiary/aromatic N) is 3. The van der Waals surface area contributed by atoms with Crippen molar-refractivity contribution in [1.82, 2.24) is 20.2 Å². The molecule has 3 N–H and O–H groups in total. The van der Waals surface area contributed by atoms with Gasteiger partial charge in [-0.2, -0.15) is 0 Å². The zero-order chi connectivity index (χ0) is 24.2. The summed E-state index contributed by atoms with van der Waals surface area (Å²) in [6, 6.07) is 8.49. The number of piperidine rings is 1. The molecule has 0 bridgehead atoms. The highest BCUT2D eigenvalue weighted by molar-refractivity contribution is 5.94. The smallest absolute Gasteiger partial charge is 0.339 e. The van der Waals surface area contributed by atoms with E-state index in [1.807, 2.05) is 18.2 Å². The van der Waals surface area contributed by atoms with Gasteiger partial charge in [0.25, 0.3) is 12.4 Å². The number of ether oxygens (including phenoxy) is 1. The van der Waals surface area contributed by atoms with E-state index in [9.17, 15) is 19.5 Å². The number of aliphatic hydroxyl groups is 1. The number of nitrogens with one attached hydrogen (secondary N) is 1. The summed E-state index contributed by atoms with van der Waals surface area (Å²) < 4.78 is 4.62. The lowest BCUT2D eigenvalue weighted by molar-refractivity contribution is -0.131. The summed E-state index contributed by atoms with van der Waals surface area (Å²) in [7, 11) is 1.27. The first-order chi connectivity index (χ1) is 15.9. The van der Waals surface area contributed by atoms with Crippen LogP contribution in [-0.2, 0) is 20.7 Å². The van der Waals surface area contributed by atoms with Gasteiger partial charge in [-0.25, -0.2) is 4.79 Å². The van der Waals surface area contributed by atoms with Crippen molar-refractivity contribution in [2.24, 2.45) is 5.92 Å². The van der Waals surface area contributed by atoms with E-state index in [-0.39, 0.29) is 36.1 Å². The number of carbonyl (C=O) groups excluding carboxylic acids is 3. The molecule has 2 aromatic rings. The number of aliphatic hydroxyl groups excluding tert-OH is 1. The number of hydrogen-bond donors (Lipinski definition) is 3. The van der Waals surface area contributed by atoms with Crippen LogP contribution in [0.15, 0.2) is 42.7 Å². The molecule has 1 saturated heterocycles. The fourth-order valence-corrected chi connectivity index (χ4v) is 3.29. The highest BCUT2D eigenvalue weighted by atomic mass is 16.5. The number of esters is 1. The fraction of sp³-hybridized carbons (Fsp3) is 0.364. The lowest BCUT2D eigenvalue weighted by atomic mass is 9.93. The van der Waals surface area contributed by atoms with Crippen molar-refractivity contribution in [3.63, 3.8) is 0 Å². The summed E-state index contributed by atoms with van der Waals surface area (Å²) in [5.74, 6) is -1.92. The minimum atomic E-state index is -0.821. The van der Waals surface area contributed by atoms with Gasteiger partial charge in [-0.3, -0.25) is 24.4 Å². The van der Waals surface area contributed by atoms with Crippen LogP contribution < -0.4 is 5.32 Å². The Hall–Kier alpha value is -3.86. The van der Waals surface area contributed by atoms with Crippen LogP contribution in [0.5, 0.6) is 0 Å². The lowest BCUT2D eigenvalue weighted by Gasteiger charge is -2.35. The summed E-state index contributed by atoms with van der Waals surface area (Å²) in [6.07, 6.45) is 3.02. The van der Waals surface area contributed by atoms with Crippen molar-refractivity contribution in [2.45, 2.75) is 18.9 Å². The minimum Gasteiger partial charge on any atom is -0.483 e. The van der Waals surface area contributed by atoms with Gasteiger partial charge in [-0.1, -0.05) is 6.07 Å². The van der Waals surface area contributed by atoms with E-state index < -0.39 is 18.0 Å². The van der Waals surface area contributed by atoms with Crippen molar-refractivity contribution in [3.8, 4) is 0 Å². The molecule has 0 saturated carbocycles. The number of carboxylic acid groups (broad SMARTS) is 1. The Morgan fingerprint density at radius 2 is 2.00 bits per heavy atom. The quantitative estimate of drug-likeness (QED) is 0.404. The summed E-state index contributed by atoms with van der Waals surface area (Å²) in [6.45, 7) is 0.553. The van der Waals surface area contributed by atoms with E-state index in [2.05, 4.69) is 20.0 Å². The number of methoxy groups -OCH3 is 1. The van der Waals surface area contributed by atoms with Crippen LogP contribution in [0.25, 0.3) is 0 Å². The molecule has 0 unspecified atom stereocenters. The van der Waals surface area contributed by atoms with Gasteiger partial charge in [0.05, 0.1) is 24.7 Å². The van der Waals surface area contributed by atoms with Crippen molar-refractivity contribution in [3.05, 3.63) is 59.7 Å². The van der Waals surface area contributed by atoms with Gasteiger partial charge in [0.2, 0.25) is 5.91 Å². The first-order valence-corrected chi connectivity index (χ1v) is 10.2. The molecule has 1 aliphatic rings. The fourth-order valence-electron chi connectivity index (χ4n) is 3.29. The number of carbonyl (C=O) groups is 4. The van der Waals surface area contributed by atoms with Gasteiger partial charge >= 0.3 is 5.97 Å². The molecule has 0 aromatic carbocycles. The molecular weight excluding hydrogens is 432 g/mol. The van der Waals surface area contributed by atoms with E-state index in [1.54, 1.807) is 6.20 Å². The van der Waals surface area contributed by atoms with E-state index >= 15 is 0 Å². The van der Waals surface area contributed by atoms with E-state index in [4.69, 9.17) is 9.90 Å². The van der Waals surface area contributed by atoms with Gasteiger partial charge in [-0.15, -0.1) is 0 Å². The first-order valence-electron chi connectivity index (χ1n) is 10.2. The monoisotopic (exact) mass is 458 g/mol. The van der Waals surface area contributed by atoms with E-state index in [1.165, 1.54) is 30.3 Å². The maximum absolute atomic E-state index is 12.7. The second-order valence-corrected chi connectivity index (χ2v) is 7.10. The minimum absolute atomic E-state index is 0.0931. The number of rotatable bonds is 6. The molecule has 1 fully saturated rings. The Labute approximate surface area is 190 Å². The summed E-state index contributed by atoms with van der Waals surface area (Å²) in [4.78, 5) is 54.9. The number of amides is 2. The summed E-state index contributed by atoms with van der Waals surface area (Å²) >= 11 is 0. The van der Waals surface area contributed by atoms with Crippen LogP contribution in [0.2, 0.25) is 0 Å². The maximum atomic E-state index is 12.7. The molecule has 33 heavy (non-hydrogen) atoms. The normalized spacial score (nSPS) is 17.2. The molecule has 176 valence electrons. The maximum Gasteiger partial charge on any atom is 0.339 e. The van der Waals surface area contributed by atoms with Gasteiger partial charge < -0.3 is 25.2 Å². The molecule has 0 radical (unpaired) electrons. The largest absolute Gasteiger partial charge is 0.483 e. The average Bonchev–Trinajstić information content (AvgIpc) is 2.84. The number of aromatic nitrogens is 2. The van der Waals surface area contributed by atoms with Crippen LogP contribution >= 0.6 is 0 Å². The molecule has 0 spiro atoms. The first kappa shape index (κ1) is 25.4. The third-order valence-corrected chi connectivity index (χ3v) is 5.01. The summed E-state index contributed by atoms with van der Waals surface area (Å²) in [5.41, 5.74) is 1.27. The molecule has 3 heterocycles. The lowest BCUT2D eigenvalue weighted by Crippen LogP contribution is -2.51. The van der Waals surface area contributed by atoms with Crippen LogP contribution in [0, 0.1) is 5.92 Å². The van der Waals surface area contributed by atoms with Crippen LogP contribution in [-0.4, -0.2) is 82.2 Å². The molecule has 11 heteroatoms. The van der Waals surface area contributed by atoms with Crippen molar-refractivity contribution < 1.29 is 34.1 Å². The molecule has 1 aliphatic heterocycles. The molecule has 3 rings (SSSR count). The van der Waals surface area contributed by atoms with Crippen LogP contribution in [0.3, 0.4) is 0 Å². The standard InChI is InChI=1S/C21H24N4O5.CH2O2/c1-30-21(29)14-5-6-17(24-12-14)20(28)25-11-8-18(26)16(13-25)19(27)23-10-7-15-4-2-3-9-22-15;2-1-3/h2-6,9,12,16,18,26H,7-8,10-11,13H2,1H3,(H,23,27);1H,(H,2,3)/t16-,18+;/m0./s1. The Kier molecular flexibility index (Phi) is 9.90. The number of pyridine rings is 2. The second kappa shape index (κ2) is 12.9. The Morgan fingerprint density at radius 1 is 1.24 bits per heavy atom. The van der Waals surface area contributed by atoms with Gasteiger partial charge in [0.15, 0.2) is 0 Å². The van der Waals surface area contributed by atoms with Gasteiger partial charge in [0.1, 0.15) is 5.69 Å². The van der Waals surface area contributed by atoms with E-state index in [0.29, 0.717) is 25.9 Å². The molecular formula is C22H26N4O7.